The third kappa shape index (κ3) is 6.96. The lowest BCUT2D eigenvalue weighted by Crippen LogP contribution is -2.28. The van der Waals surface area contributed by atoms with Gasteiger partial charge < -0.3 is 10.1 Å². The fraction of sp³-hybridized carbons (Fsp3) is 0.667. The lowest BCUT2D eigenvalue weighted by molar-refractivity contribution is -0.115. The Balaban J connectivity index is 4.22. The molecule has 0 fully saturated rings. The molecule has 0 rings (SSSR count). The summed E-state index contributed by atoms with van der Waals surface area (Å²) in [5.41, 5.74) is -1.01. The summed E-state index contributed by atoms with van der Waals surface area (Å²) < 4.78 is 41.5. The summed E-state index contributed by atoms with van der Waals surface area (Å²) in [5, 5.41) is 2.16. The van der Waals surface area contributed by atoms with Crippen molar-refractivity contribution in [1.82, 2.24) is 5.32 Å². The Morgan fingerprint density at radius 3 is 2.47 bits per heavy atom. The van der Waals surface area contributed by atoms with Crippen molar-refractivity contribution in [2.45, 2.75) is 19.5 Å². The van der Waals surface area contributed by atoms with E-state index in [-0.39, 0.29) is 6.54 Å². The van der Waals surface area contributed by atoms with Gasteiger partial charge in [0, 0.05) is 26.3 Å². The highest BCUT2D eigenvalue weighted by Crippen LogP contribution is 2.23. The van der Waals surface area contributed by atoms with E-state index in [2.05, 4.69) is 10.1 Å². The summed E-state index contributed by atoms with van der Waals surface area (Å²) in [6.07, 6.45) is -3.52. The smallest absolute Gasteiger partial charge is 0.385 e. The van der Waals surface area contributed by atoms with Crippen molar-refractivity contribution in [2.75, 3.05) is 20.3 Å². The van der Waals surface area contributed by atoms with Gasteiger partial charge in [0.1, 0.15) is 5.70 Å². The highest BCUT2D eigenvalue weighted by atomic mass is 19.4. The number of ether oxygens (including phenoxy) is 1. The monoisotopic (exact) mass is 225 g/mol. The average molecular weight is 225 g/mol. The van der Waals surface area contributed by atoms with Gasteiger partial charge in [-0.15, -0.1) is 0 Å². The van der Waals surface area contributed by atoms with Crippen molar-refractivity contribution in [2.24, 2.45) is 0 Å². The second-order valence-corrected chi connectivity index (χ2v) is 2.94. The van der Waals surface area contributed by atoms with Crippen LogP contribution in [0, 0.1) is 0 Å². The van der Waals surface area contributed by atoms with Crippen LogP contribution in [-0.2, 0) is 9.53 Å². The summed E-state index contributed by atoms with van der Waals surface area (Å²) in [6.45, 7) is 1.56. The molecule has 0 unspecified atom stereocenters. The molecular weight excluding hydrogens is 211 g/mol. The van der Waals surface area contributed by atoms with Crippen LogP contribution in [0.3, 0.4) is 0 Å². The molecule has 0 aromatic carbocycles. The van der Waals surface area contributed by atoms with Crippen molar-refractivity contribution >= 4 is 5.78 Å². The van der Waals surface area contributed by atoms with E-state index in [4.69, 9.17) is 0 Å². The molecule has 0 atom stereocenters. The molecule has 0 aliphatic rings. The molecule has 0 heterocycles. The van der Waals surface area contributed by atoms with Crippen LogP contribution in [0.5, 0.6) is 0 Å². The van der Waals surface area contributed by atoms with Crippen molar-refractivity contribution < 1.29 is 22.7 Å². The van der Waals surface area contributed by atoms with Gasteiger partial charge in [0.15, 0.2) is 5.78 Å². The van der Waals surface area contributed by atoms with E-state index in [1.165, 1.54) is 7.11 Å². The fourth-order valence-corrected chi connectivity index (χ4v) is 0.876. The van der Waals surface area contributed by atoms with Gasteiger partial charge in [-0.05, 0) is 13.3 Å². The zero-order chi connectivity index (χ0) is 11.9. The fourth-order valence-electron chi connectivity index (χ4n) is 0.876. The van der Waals surface area contributed by atoms with Crippen LogP contribution in [0.25, 0.3) is 0 Å². The lowest BCUT2D eigenvalue weighted by atomic mass is 10.3. The van der Waals surface area contributed by atoms with E-state index >= 15 is 0 Å². The summed E-state index contributed by atoms with van der Waals surface area (Å²) in [7, 11) is 1.47. The predicted octanol–water partition coefficient (Wildman–Crippen LogP) is 1.65. The molecule has 88 valence electrons. The molecule has 0 aromatic rings. The summed E-state index contributed by atoms with van der Waals surface area (Å²) in [6, 6.07) is 0. The minimum absolute atomic E-state index is 0.118. The van der Waals surface area contributed by atoms with Gasteiger partial charge in [-0.3, -0.25) is 4.79 Å². The largest absolute Gasteiger partial charge is 0.431 e. The molecular formula is C9H14F3NO2. The van der Waals surface area contributed by atoms with Gasteiger partial charge in [-0.2, -0.15) is 13.2 Å². The molecule has 6 heteroatoms. The molecule has 0 spiro atoms. The quantitative estimate of drug-likeness (QED) is 0.551. The Labute approximate surface area is 86.3 Å². The van der Waals surface area contributed by atoms with Crippen LogP contribution in [0.4, 0.5) is 13.2 Å². The van der Waals surface area contributed by atoms with Crippen LogP contribution in [0.15, 0.2) is 11.8 Å². The number of hydrogen-bond acceptors (Lipinski definition) is 3. The summed E-state index contributed by atoms with van der Waals surface area (Å²) in [4.78, 5) is 10.5. The summed E-state index contributed by atoms with van der Waals surface area (Å²) >= 11 is 0. The van der Waals surface area contributed by atoms with E-state index < -0.39 is 17.7 Å². The number of halogens is 3. The minimum Gasteiger partial charge on any atom is -0.385 e. The van der Waals surface area contributed by atoms with E-state index in [9.17, 15) is 18.0 Å². The number of methoxy groups -OCH3 is 1. The average Bonchev–Trinajstić information content (AvgIpc) is 2.08. The van der Waals surface area contributed by atoms with Crippen molar-refractivity contribution in [3.05, 3.63) is 11.8 Å². The zero-order valence-corrected chi connectivity index (χ0v) is 8.65. The van der Waals surface area contributed by atoms with Gasteiger partial charge in [0.05, 0.1) is 0 Å². The molecule has 0 aromatic heterocycles. The van der Waals surface area contributed by atoms with E-state index in [1.54, 1.807) is 0 Å². The van der Waals surface area contributed by atoms with Crippen molar-refractivity contribution in [3.63, 3.8) is 0 Å². The molecule has 0 saturated heterocycles. The van der Waals surface area contributed by atoms with Gasteiger partial charge >= 0.3 is 6.18 Å². The predicted molar refractivity (Wildman–Crippen MR) is 49.3 cm³/mol. The Bertz CT molecular complexity index is 236. The molecule has 15 heavy (non-hydrogen) atoms. The second kappa shape index (κ2) is 6.44. The molecule has 0 aliphatic heterocycles. The van der Waals surface area contributed by atoms with E-state index in [1.807, 2.05) is 0 Å². The second-order valence-electron chi connectivity index (χ2n) is 2.94. The number of allylic oxidation sites excluding steroid dienone is 2. The normalized spacial score (nSPS) is 12.7. The van der Waals surface area contributed by atoms with Crippen LogP contribution in [0.1, 0.15) is 13.3 Å². The molecule has 0 radical (unpaired) electrons. The first kappa shape index (κ1) is 14.0. The van der Waals surface area contributed by atoms with Crippen LogP contribution in [-0.4, -0.2) is 32.2 Å². The highest BCUT2D eigenvalue weighted by Gasteiger charge is 2.33. The maximum atomic E-state index is 12.3. The Morgan fingerprint density at radius 1 is 1.47 bits per heavy atom. The van der Waals surface area contributed by atoms with Crippen molar-refractivity contribution in [1.29, 1.82) is 0 Å². The van der Waals surface area contributed by atoms with Crippen LogP contribution in [0.2, 0.25) is 0 Å². The minimum atomic E-state index is -4.52. The van der Waals surface area contributed by atoms with Gasteiger partial charge in [-0.1, -0.05) is 0 Å². The van der Waals surface area contributed by atoms with Crippen LogP contribution >= 0.6 is 0 Å². The van der Waals surface area contributed by atoms with Crippen LogP contribution < -0.4 is 5.32 Å². The number of hydrogen-bond donors (Lipinski definition) is 1. The summed E-state index contributed by atoms with van der Waals surface area (Å²) in [5.74, 6) is -0.637. The highest BCUT2D eigenvalue weighted by molar-refractivity contribution is 5.88. The van der Waals surface area contributed by atoms with Gasteiger partial charge in [-0.25, -0.2) is 0 Å². The van der Waals surface area contributed by atoms with Crippen molar-refractivity contribution in [3.8, 4) is 0 Å². The number of nitrogens with one attached hydrogen (secondary N) is 1. The Kier molecular flexibility index (Phi) is 6.00. The van der Waals surface area contributed by atoms with Gasteiger partial charge in [0.25, 0.3) is 0 Å². The third-order valence-corrected chi connectivity index (χ3v) is 1.49. The molecule has 0 saturated carbocycles. The Morgan fingerprint density at radius 2 is 2.07 bits per heavy atom. The first-order valence-electron chi connectivity index (χ1n) is 4.40. The Hall–Kier alpha value is -1.04. The first-order valence-corrected chi connectivity index (χ1v) is 4.40. The first-order chi connectivity index (χ1) is 6.88. The van der Waals surface area contributed by atoms with E-state index in [0.29, 0.717) is 19.1 Å². The third-order valence-electron chi connectivity index (χ3n) is 1.49. The number of rotatable bonds is 6. The number of carbonyl (C=O) groups excluding carboxylic acids is 1. The molecule has 0 aliphatic carbocycles. The SMILES string of the molecule is COCCCN/C(=C\C(C)=O)C(F)(F)F. The standard InChI is InChI=1S/C9H14F3NO2/c1-7(14)6-8(9(10,11)12)13-4-3-5-15-2/h6,13H,3-5H2,1-2H3/b8-6-. The molecule has 3 nitrogen and oxygen atoms in total. The van der Waals surface area contributed by atoms with E-state index in [0.717, 1.165) is 6.92 Å². The maximum Gasteiger partial charge on any atom is 0.431 e. The topological polar surface area (TPSA) is 38.3 Å². The van der Waals surface area contributed by atoms with Gasteiger partial charge in [0.2, 0.25) is 0 Å². The number of ketones is 1. The molecule has 0 amide bonds. The number of alkyl halides is 3. The molecule has 1 N–H and O–H groups in total. The lowest BCUT2D eigenvalue weighted by Gasteiger charge is -2.13. The zero-order valence-electron chi connectivity index (χ0n) is 8.65. The maximum absolute atomic E-state index is 12.3. The molecule has 0 bridgehead atoms. The number of carbonyl (C=O) groups is 1.